The summed E-state index contributed by atoms with van der Waals surface area (Å²) >= 11 is 6.14. The smallest absolute Gasteiger partial charge is 0.332 e. The van der Waals surface area contributed by atoms with Crippen LogP contribution in [0.5, 0.6) is 0 Å². The Hall–Kier alpha value is -2.87. The lowest BCUT2D eigenvalue weighted by atomic mass is 10.1. The van der Waals surface area contributed by atoms with Gasteiger partial charge < -0.3 is 9.42 Å². The van der Waals surface area contributed by atoms with E-state index in [4.69, 9.17) is 11.6 Å². The Bertz CT molecular complexity index is 1000. The first-order valence-electron chi connectivity index (χ1n) is 8.72. The third-order valence-electron chi connectivity index (χ3n) is 4.22. The molecule has 0 fully saturated rings. The standard InChI is InChI=1S/C20H17ClF3N3O2/c1-12(2)27(18(28)15-5-3-4-6-16(15)21)11-13-7-9-14(10-8-13)17-25-19(29-26-17)20(22,23)24/h3-10,12H,11H2,1-2H3. The Morgan fingerprint density at radius 2 is 1.79 bits per heavy atom. The molecule has 0 saturated carbocycles. The minimum atomic E-state index is -4.69. The Labute approximate surface area is 170 Å². The number of halogens is 4. The van der Waals surface area contributed by atoms with Crippen LogP contribution >= 0.6 is 11.6 Å². The van der Waals surface area contributed by atoms with Crippen LogP contribution in [0.1, 0.15) is 35.7 Å². The molecule has 0 radical (unpaired) electrons. The zero-order chi connectivity index (χ0) is 21.2. The molecule has 3 rings (SSSR count). The number of benzene rings is 2. The molecule has 0 unspecified atom stereocenters. The molecule has 0 bridgehead atoms. The van der Waals surface area contributed by atoms with Crippen LogP contribution in [-0.4, -0.2) is 27.0 Å². The summed E-state index contributed by atoms with van der Waals surface area (Å²) in [5.74, 6) is -1.76. The van der Waals surface area contributed by atoms with E-state index in [2.05, 4.69) is 14.7 Å². The summed E-state index contributed by atoms with van der Waals surface area (Å²) in [6.45, 7) is 4.09. The van der Waals surface area contributed by atoms with Gasteiger partial charge >= 0.3 is 12.1 Å². The molecule has 0 N–H and O–H groups in total. The van der Waals surface area contributed by atoms with E-state index >= 15 is 0 Å². The molecule has 3 aromatic rings. The highest BCUT2D eigenvalue weighted by molar-refractivity contribution is 6.33. The van der Waals surface area contributed by atoms with Gasteiger partial charge in [0.15, 0.2) is 0 Å². The third-order valence-corrected chi connectivity index (χ3v) is 4.55. The molecule has 0 spiro atoms. The molecule has 0 aliphatic rings. The van der Waals surface area contributed by atoms with Crippen LogP contribution in [0.3, 0.4) is 0 Å². The van der Waals surface area contributed by atoms with Gasteiger partial charge in [0.25, 0.3) is 5.91 Å². The van der Waals surface area contributed by atoms with Crippen molar-refractivity contribution in [3.8, 4) is 11.4 Å². The quantitative estimate of drug-likeness (QED) is 0.546. The summed E-state index contributed by atoms with van der Waals surface area (Å²) in [5.41, 5.74) is 1.58. The first-order chi connectivity index (χ1) is 13.7. The molecule has 0 saturated heterocycles. The van der Waals surface area contributed by atoms with Gasteiger partial charge in [-0.15, -0.1) is 0 Å². The van der Waals surface area contributed by atoms with Crippen LogP contribution in [0, 0.1) is 0 Å². The fourth-order valence-electron chi connectivity index (χ4n) is 2.69. The number of carbonyl (C=O) groups is 1. The summed E-state index contributed by atoms with van der Waals surface area (Å²) < 4.78 is 42.1. The number of hydrogen-bond donors (Lipinski definition) is 0. The predicted molar refractivity (Wildman–Crippen MR) is 101 cm³/mol. The number of aromatic nitrogens is 2. The van der Waals surface area contributed by atoms with E-state index in [0.717, 1.165) is 5.56 Å². The first kappa shape index (κ1) is 20.9. The fraction of sp³-hybridized carbons (Fsp3) is 0.250. The van der Waals surface area contributed by atoms with Crippen molar-refractivity contribution in [2.24, 2.45) is 0 Å². The van der Waals surface area contributed by atoms with E-state index in [-0.39, 0.29) is 17.8 Å². The summed E-state index contributed by atoms with van der Waals surface area (Å²) in [5, 5.41) is 3.74. The fourth-order valence-corrected chi connectivity index (χ4v) is 2.91. The van der Waals surface area contributed by atoms with Gasteiger partial charge in [0.05, 0.1) is 10.6 Å². The number of nitrogens with zero attached hydrogens (tertiary/aromatic N) is 3. The maximum atomic E-state index is 12.9. The highest BCUT2D eigenvalue weighted by Gasteiger charge is 2.38. The topological polar surface area (TPSA) is 59.2 Å². The van der Waals surface area contributed by atoms with Gasteiger partial charge in [0, 0.05) is 18.2 Å². The normalized spacial score (nSPS) is 11.7. The van der Waals surface area contributed by atoms with Crippen molar-refractivity contribution in [3.63, 3.8) is 0 Å². The SMILES string of the molecule is CC(C)N(Cc1ccc(-c2noc(C(F)(F)F)n2)cc1)C(=O)c1ccccc1Cl. The van der Waals surface area contributed by atoms with Gasteiger partial charge in [-0.25, -0.2) is 0 Å². The highest BCUT2D eigenvalue weighted by Crippen LogP contribution is 2.29. The second kappa shape index (κ2) is 8.24. The highest BCUT2D eigenvalue weighted by atomic mass is 35.5. The Kier molecular flexibility index (Phi) is 5.93. The molecule has 152 valence electrons. The van der Waals surface area contributed by atoms with Crippen molar-refractivity contribution < 1.29 is 22.5 Å². The van der Waals surface area contributed by atoms with Crippen molar-refractivity contribution in [1.29, 1.82) is 0 Å². The van der Waals surface area contributed by atoms with Gasteiger partial charge in [-0.2, -0.15) is 18.2 Å². The van der Waals surface area contributed by atoms with Crippen LogP contribution < -0.4 is 0 Å². The number of rotatable bonds is 5. The van der Waals surface area contributed by atoms with E-state index in [9.17, 15) is 18.0 Å². The maximum Gasteiger partial charge on any atom is 0.471 e. The molecule has 1 heterocycles. The average Bonchev–Trinajstić information content (AvgIpc) is 3.17. The van der Waals surface area contributed by atoms with Crippen molar-refractivity contribution in [2.45, 2.75) is 32.6 Å². The molecule has 1 amide bonds. The Morgan fingerprint density at radius 1 is 1.14 bits per heavy atom. The molecule has 1 aromatic heterocycles. The first-order valence-corrected chi connectivity index (χ1v) is 9.10. The minimum Gasteiger partial charge on any atom is -0.332 e. The average molecular weight is 424 g/mol. The third kappa shape index (κ3) is 4.76. The van der Waals surface area contributed by atoms with Crippen molar-refractivity contribution in [3.05, 3.63) is 70.6 Å². The number of hydrogen-bond acceptors (Lipinski definition) is 4. The summed E-state index contributed by atoms with van der Waals surface area (Å²) in [7, 11) is 0. The summed E-state index contributed by atoms with van der Waals surface area (Å²) in [4.78, 5) is 17.9. The molecule has 5 nitrogen and oxygen atoms in total. The minimum absolute atomic E-state index is 0.0926. The van der Waals surface area contributed by atoms with Gasteiger partial charge in [0.1, 0.15) is 0 Å². The van der Waals surface area contributed by atoms with Crippen LogP contribution in [-0.2, 0) is 12.7 Å². The van der Waals surface area contributed by atoms with Gasteiger partial charge in [-0.3, -0.25) is 4.79 Å². The van der Waals surface area contributed by atoms with Crippen molar-refractivity contribution >= 4 is 17.5 Å². The molecule has 0 atom stereocenters. The molecule has 9 heteroatoms. The van der Waals surface area contributed by atoms with Crippen molar-refractivity contribution in [1.82, 2.24) is 15.0 Å². The predicted octanol–water partition coefficient (Wildman–Crippen LogP) is 5.46. The van der Waals surface area contributed by atoms with E-state index < -0.39 is 12.1 Å². The lowest BCUT2D eigenvalue weighted by Crippen LogP contribution is -2.36. The second-order valence-corrected chi connectivity index (χ2v) is 7.03. The van der Waals surface area contributed by atoms with Gasteiger partial charge in [-0.1, -0.05) is 53.2 Å². The lowest BCUT2D eigenvalue weighted by Gasteiger charge is -2.27. The zero-order valence-electron chi connectivity index (χ0n) is 15.6. The van der Waals surface area contributed by atoms with Crippen molar-refractivity contribution in [2.75, 3.05) is 0 Å². The van der Waals surface area contributed by atoms with E-state index in [1.165, 1.54) is 0 Å². The molecule has 0 aliphatic carbocycles. The lowest BCUT2D eigenvalue weighted by molar-refractivity contribution is -0.159. The van der Waals surface area contributed by atoms with Gasteiger partial charge in [-0.05, 0) is 31.5 Å². The largest absolute Gasteiger partial charge is 0.471 e. The van der Waals surface area contributed by atoms with Crippen LogP contribution in [0.2, 0.25) is 5.02 Å². The zero-order valence-corrected chi connectivity index (χ0v) is 16.3. The second-order valence-electron chi connectivity index (χ2n) is 6.62. The maximum absolute atomic E-state index is 12.9. The molecular weight excluding hydrogens is 407 g/mol. The number of carbonyl (C=O) groups excluding carboxylic acids is 1. The van der Waals surface area contributed by atoms with Gasteiger partial charge in [0.2, 0.25) is 5.82 Å². The van der Waals surface area contributed by atoms with Crippen LogP contribution in [0.4, 0.5) is 13.2 Å². The Morgan fingerprint density at radius 3 is 2.34 bits per heavy atom. The molecule has 29 heavy (non-hydrogen) atoms. The van der Waals surface area contributed by atoms with Crippen LogP contribution in [0.25, 0.3) is 11.4 Å². The van der Waals surface area contributed by atoms with Crippen LogP contribution in [0.15, 0.2) is 53.1 Å². The number of amides is 1. The molecule has 0 aliphatic heterocycles. The van der Waals surface area contributed by atoms with E-state index in [1.807, 2.05) is 13.8 Å². The van der Waals surface area contributed by atoms with E-state index in [1.54, 1.807) is 53.4 Å². The Balaban J connectivity index is 1.79. The summed E-state index contributed by atoms with van der Waals surface area (Å²) in [6, 6.07) is 13.3. The monoisotopic (exact) mass is 423 g/mol. The summed E-state index contributed by atoms with van der Waals surface area (Å²) in [6.07, 6.45) is -4.69. The van der Waals surface area contributed by atoms with E-state index in [0.29, 0.717) is 22.7 Å². The molecular formula is C20H17ClF3N3O2. The molecule has 2 aromatic carbocycles. The number of alkyl halides is 3.